The molecule has 2 heterocycles. The summed E-state index contributed by atoms with van der Waals surface area (Å²) in [6, 6.07) is 11.8. The zero-order valence-electron chi connectivity index (χ0n) is 14.6. The van der Waals surface area contributed by atoms with Gasteiger partial charge in [0, 0.05) is 48.3 Å². The van der Waals surface area contributed by atoms with Crippen LogP contribution in [-0.2, 0) is 10.0 Å². The fraction of sp³-hybridized carbons (Fsp3) is 0.105. The Morgan fingerprint density at radius 1 is 1.04 bits per heavy atom. The maximum Gasteiger partial charge on any atom is 0.268 e. The van der Waals surface area contributed by atoms with Crippen LogP contribution >= 0.6 is 11.6 Å². The van der Waals surface area contributed by atoms with Gasteiger partial charge in [0.05, 0.1) is 15.4 Å². The number of pyridine rings is 1. The lowest BCUT2D eigenvalue weighted by atomic mass is 10.2. The monoisotopic (exact) mass is 401 g/mol. The number of rotatable bonds is 3. The number of aromatic amines is 1. The number of nitrogens with one attached hydrogen (secondary N) is 1. The van der Waals surface area contributed by atoms with E-state index in [1.807, 2.05) is 31.1 Å². The second-order valence-electron chi connectivity index (χ2n) is 6.37. The Balaban J connectivity index is 2.06. The van der Waals surface area contributed by atoms with Crippen LogP contribution in [0.4, 0.5) is 5.69 Å². The largest absolute Gasteiger partial charge is 0.377 e. The van der Waals surface area contributed by atoms with E-state index < -0.39 is 15.6 Å². The molecule has 0 aliphatic rings. The molecule has 0 radical (unpaired) electrons. The van der Waals surface area contributed by atoms with Crippen molar-refractivity contribution in [2.75, 3.05) is 19.0 Å². The summed E-state index contributed by atoms with van der Waals surface area (Å²) in [4.78, 5) is 16.5. The third-order valence-electron chi connectivity index (χ3n) is 4.53. The summed E-state index contributed by atoms with van der Waals surface area (Å²) in [7, 11) is -0.169. The zero-order valence-corrected chi connectivity index (χ0v) is 16.2. The van der Waals surface area contributed by atoms with Gasteiger partial charge in [0.2, 0.25) is 0 Å². The van der Waals surface area contributed by atoms with Gasteiger partial charge in [0.25, 0.3) is 15.6 Å². The molecule has 138 valence electrons. The van der Waals surface area contributed by atoms with Gasteiger partial charge in [-0.05, 0) is 30.3 Å². The van der Waals surface area contributed by atoms with E-state index in [1.54, 1.807) is 18.2 Å². The number of hydrogen-bond donors (Lipinski definition) is 1. The molecule has 4 rings (SSSR count). The SMILES string of the molecule is CN(C)c1cccc2c1ccn2S(=O)(=O)c1cccc2c(=O)[nH]cc(Cl)c12. The fourth-order valence-corrected chi connectivity index (χ4v) is 5.19. The summed E-state index contributed by atoms with van der Waals surface area (Å²) in [5.41, 5.74) is 1.08. The molecule has 0 aliphatic heterocycles. The maximum atomic E-state index is 13.4. The van der Waals surface area contributed by atoms with Crippen molar-refractivity contribution in [3.05, 3.63) is 70.2 Å². The number of H-pyrrole nitrogens is 1. The third-order valence-corrected chi connectivity index (χ3v) is 6.56. The van der Waals surface area contributed by atoms with Crippen molar-refractivity contribution < 1.29 is 8.42 Å². The van der Waals surface area contributed by atoms with Gasteiger partial charge in [0.1, 0.15) is 0 Å². The molecule has 6 nitrogen and oxygen atoms in total. The molecule has 27 heavy (non-hydrogen) atoms. The Bertz CT molecular complexity index is 1350. The summed E-state index contributed by atoms with van der Waals surface area (Å²) in [5.74, 6) is 0. The molecular formula is C19H16ClN3O3S. The minimum absolute atomic E-state index is 0.0103. The predicted molar refractivity (Wildman–Crippen MR) is 108 cm³/mol. The average molecular weight is 402 g/mol. The second kappa shape index (κ2) is 6.14. The van der Waals surface area contributed by atoms with Crippen molar-refractivity contribution in [2.24, 2.45) is 0 Å². The molecule has 2 aromatic carbocycles. The van der Waals surface area contributed by atoms with Gasteiger partial charge in [-0.25, -0.2) is 12.4 Å². The molecule has 4 aromatic rings. The Kier molecular flexibility index (Phi) is 4.01. The highest BCUT2D eigenvalue weighted by atomic mass is 35.5. The first-order chi connectivity index (χ1) is 12.8. The first kappa shape index (κ1) is 17.6. The third kappa shape index (κ3) is 2.62. The lowest BCUT2D eigenvalue weighted by Crippen LogP contribution is -2.15. The quantitative estimate of drug-likeness (QED) is 0.570. The van der Waals surface area contributed by atoms with Crippen LogP contribution in [0.2, 0.25) is 5.02 Å². The molecule has 0 saturated heterocycles. The van der Waals surface area contributed by atoms with Crippen molar-refractivity contribution in [1.29, 1.82) is 0 Å². The van der Waals surface area contributed by atoms with Crippen LogP contribution < -0.4 is 10.5 Å². The predicted octanol–water partition coefficient (Wildman–Crippen LogP) is 3.44. The van der Waals surface area contributed by atoms with E-state index in [1.165, 1.54) is 28.5 Å². The van der Waals surface area contributed by atoms with E-state index >= 15 is 0 Å². The molecule has 2 aromatic heterocycles. The van der Waals surface area contributed by atoms with E-state index in [0.717, 1.165) is 11.1 Å². The topological polar surface area (TPSA) is 75.2 Å². The molecule has 0 fully saturated rings. The summed E-state index contributed by atoms with van der Waals surface area (Å²) in [6.45, 7) is 0. The maximum absolute atomic E-state index is 13.4. The van der Waals surface area contributed by atoms with Crippen molar-refractivity contribution >= 4 is 49.0 Å². The van der Waals surface area contributed by atoms with Crippen LogP contribution in [0.15, 0.2) is 64.5 Å². The lowest BCUT2D eigenvalue weighted by molar-refractivity contribution is 0.590. The first-order valence-corrected chi connectivity index (χ1v) is 9.97. The van der Waals surface area contributed by atoms with Crippen LogP contribution in [0, 0.1) is 0 Å². The second-order valence-corrected chi connectivity index (χ2v) is 8.56. The summed E-state index contributed by atoms with van der Waals surface area (Å²) < 4.78 is 28.1. The molecule has 0 spiro atoms. The van der Waals surface area contributed by atoms with E-state index in [2.05, 4.69) is 4.98 Å². The minimum Gasteiger partial charge on any atom is -0.377 e. The normalized spacial score (nSPS) is 12.0. The Hall–Kier alpha value is -2.77. The minimum atomic E-state index is -3.97. The molecule has 0 unspecified atom stereocenters. The van der Waals surface area contributed by atoms with Gasteiger partial charge in [-0.2, -0.15) is 0 Å². The molecule has 1 N–H and O–H groups in total. The summed E-state index contributed by atoms with van der Waals surface area (Å²) in [5, 5.41) is 1.44. The smallest absolute Gasteiger partial charge is 0.268 e. The molecule has 0 atom stereocenters. The van der Waals surface area contributed by atoms with Crippen LogP contribution in [0.5, 0.6) is 0 Å². The number of fused-ring (bicyclic) bond motifs is 2. The molecule has 0 aliphatic carbocycles. The Morgan fingerprint density at radius 3 is 2.52 bits per heavy atom. The molecule has 0 bridgehead atoms. The van der Waals surface area contributed by atoms with Crippen LogP contribution in [0.25, 0.3) is 21.7 Å². The average Bonchev–Trinajstić information content (AvgIpc) is 3.09. The fourth-order valence-electron chi connectivity index (χ4n) is 3.29. The molecule has 8 heteroatoms. The van der Waals surface area contributed by atoms with E-state index in [-0.39, 0.29) is 20.7 Å². The number of aromatic nitrogens is 2. The van der Waals surface area contributed by atoms with Gasteiger partial charge in [-0.15, -0.1) is 0 Å². The lowest BCUT2D eigenvalue weighted by Gasteiger charge is -2.15. The Morgan fingerprint density at radius 2 is 1.78 bits per heavy atom. The van der Waals surface area contributed by atoms with E-state index in [0.29, 0.717) is 5.52 Å². The highest BCUT2D eigenvalue weighted by Crippen LogP contribution is 2.32. The highest BCUT2D eigenvalue weighted by Gasteiger charge is 2.24. The molecule has 0 amide bonds. The van der Waals surface area contributed by atoms with Crippen molar-refractivity contribution in [3.63, 3.8) is 0 Å². The van der Waals surface area contributed by atoms with Crippen molar-refractivity contribution in [3.8, 4) is 0 Å². The van der Waals surface area contributed by atoms with Gasteiger partial charge in [0.15, 0.2) is 0 Å². The van der Waals surface area contributed by atoms with Gasteiger partial charge < -0.3 is 9.88 Å². The highest BCUT2D eigenvalue weighted by molar-refractivity contribution is 7.90. The first-order valence-electron chi connectivity index (χ1n) is 8.15. The number of benzene rings is 2. The molecule has 0 saturated carbocycles. The van der Waals surface area contributed by atoms with Gasteiger partial charge in [-0.3, -0.25) is 4.79 Å². The van der Waals surface area contributed by atoms with Gasteiger partial charge >= 0.3 is 0 Å². The number of hydrogen-bond acceptors (Lipinski definition) is 4. The van der Waals surface area contributed by atoms with Crippen LogP contribution in [0.3, 0.4) is 0 Å². The zero-order chi connectivity index (χ0) is 19.3. The number of anilines is 1. The van der Waals surface area contributed by atoms with Crippen LogP contribution in [0.1, 0.15) is 0 Å². The summed E-state index contributed by atoms with van der Waals surface area (Å²) >= 11 is 6.24. The van der Waals surface area contributed by atoms with Crippen molar-refractivity contribution in [2.45, 2.75) is 4.90 Å². The van der Waals surface area contributed by atoms with E-state index in [9.17, 15) is 13.2 Å². The number of nitrogens with zero attached hydrogens (tertiary/aromatic N) is 2. The standard InChI is InChI=1S/C19H16ClN3O3S/c1-22(2)15-6-4-7-16-12(15)9-10-23(16)27(25,26)17-8-3-5-13-18(17)14(20)11-21-19(13)24/h3-11H,1-2H3,(H,21,24). The number of halogens is 1. The van der Waals surface area contributed by atoms with Crippen LogP contribution in [-0.4, -0.2) is 31.5 Å². The summed E-state index contributed by atoms with van der Waals surface area (Å²) in [6.07, 6.45) is 2.83. The van der Waals surface area contributed by atoms with Gasteiger partial charge in [-0.1, -0.05) is 23.7 Å². The Labute approximate surface area is 160 Å². The van der Waals surface area contributed by atoms with Crippen molar-refractivity contribution in [1.82, 2.24) is 8.96 Å². The molecular weight excluding hydrogens is 386 g/mol. The van der Waals surface area contributed by atoms with E-state index in [4.69, 9.17) is 11.6 Å².